The third-order valence-corrected chi connectivity index (χ3v) is 7.23. The van der Waals surface area contributed by atoms with E-state index in [9.17, 15) is 14.4 Å². The van der Waals surface area contributed by atoms with Crippen molar-refractivity contribution in [3.63, 3.8) is 0 Å². The number of cyclic esters (lactones) is 2. The minimum absolute atomic E-state index is 0.0295. The summed E-state index contributed by atoms with van der Waals surface area (Å²) in [6, 6.07) is 7.20. The number of carbonyl (C=O) groups is 3. The number of unbranched alkanes of at least 4 members (excludes halogenated alkanes) is 1. The summed E-state index contributed by atoms with van der Waals surface area (Å²) in [6.07, 6.45) is 1.47. The molecule has 2 saturated heterocycles. The lowest BCUT2D eigenvalue weighted by atomic mass is 9.77. The zero-order chi connectivity index (χ0) is 24.3. The van der Waals surface area contributed by atoms with Crippen molar-refractivity contribution in [1.29, 1.82) is 0 Å². The van der Waals surface area contributed by atoms with Gasteiger partial charge >= 0.3 is 11.9 Å². The summed E-state index contributed by atoms with van der Waals surface area (Å²) >= 11 is 7.31. The predicted molar refractivity (Wildman–Crippen MR) is 124 cm³/mol. The summed E-state index contributed by atoms with van der Waals surface area (Å²) in [5.74, 6) is -1.24. The van der Waals surface area contributed by atoms with Crippen LogP contribution in [0.2, 0.25) is 5.02 Å². The Balaban J connectivity index is 1.37. The van der Waals surface area contributed by atoms with Gasteiger partial charge in [-0.1, -0.05) is 48.8 Å². The van der Waals surface area contributed by atoms with Crippen LogP contribution >= 0.6 is 23.4 Å². The highest BCUT2D eigenvalue weighted by Gasteiger charge is 2.66. The maximum atomic E-state index is 13.0. The molecule has 9 nitrogen and oxygen atoms in total. The van der Waals surface area contributed by atoms with Gasteiger partial charge in [-0.2, -0.15) is 0 Å². The second-order valence-corrected chi connectivity index (χ2v) is 10.0. The van der Waals surface area contributed by atoms with Crippen molar-refractivity contribution in [2.24, 2.45) is 5.41 Å². The number of ether oxygens (including phenoxy) is 3. The van der Waals surface area contributed by atoms with E-state index in [1.165, 1.54) is 6.92 Å². The first-order valence-electron chi connectivity index (χ1n) is 11.1. The lowest BCUT2D eigenvalue weighted by Gasteiger charge is -2.20. The average molecular weight is 508 g/mol. The molecule has 0 amide bonds. The number of H-pyrrole nitrogens is 1. The molecule has 0 saturated carbocycles. The van der Waals surface area contributed by atoms with E-state index in [1.54, 1.807) is 6.07 Å². The highest BCUT2D eigenvalue weighted by Crippen LogP contribution is 2.49. The van der Waals surface area contributed by atoms with E-state index in [1.807, 2.05) is 18.2 Å². The van der Waals surface area contributed by atoms with E-state index in [4.69, 9.17) is 25.8 Å². The third-order valence-electron chi connectivity index (χ3n) is 6.05. The molecule has 4 rings (SSSR count). The molecule has 11 heteroatoms. The summed E-state index contributed by atoms with van der Waals surface area (Å²) in [5, 5.41) is 7.82. The Bertz CT molecular complexity index is 1090. The van der Waals surface area contributed by atoms with E-state index >= 15 is 0 Å². The Morgan fingerprint density at radius 2 is 2.12 bits per heavy atom. The molecule has 0 bridgehead atoms. The predicted octanol–water partition coefficient (Wildman–Crippen LogP) is 3.61. The molecule has 2 aromatic rings. The van der Waals surface area contributed by atoms with Gasteiger partial charge in [0.2, 0.25) is 5.16 Å². The molecule has 1 aromatic heterocycles. The fourth-order valence-corrected chi connectivity index (χ4v) is 5.21. The number of esters is 2. The zero-order valence-electron chi connectivity index (χ0n) is 19.0. The SMILES string of the molecule is CCCCOC[C@@H]1C[C@@]2(C[C@@](C)(C(=O)CSc3n[nH]c(-c4ccccc4Cl)n3)OC2=O)C(=O)O1. The molecule has 2 aliphatic heterocycles. The number of nitrogens with one attached hydrogen (secondary N) is 1. The molecule has 3 atom stereocenters. The van der Waals surface area contributed by atoms with Crippen molar-refractivity contribution in [3.8, 4) is 11.4 Å². The van der Waals surface area contributed by atoms with E-state index in [0.717, 1.165) is 24.6 Å². The number of aromatic amines is 1. The normalized spacial score (nSPS) is 26.1. The molecule has 0 aliphatic carbocycles. The Hall–Kier alpha value is -2.43. The standard InChI is InChI=1S/C23H26ClN3O6S/c1-3-4-9-31-11-14-10-23(19(29)32-14)13-22(2,33-20(23)30)17(28)12-34-21-25-18(26-27-21)15-7-5-6-8-16(15)24/h5-8,14H,3-4,9-13H2,1-2H3,(H,25,26,27)/t14-,22-,23+/m0/s1. The van der Waals surface area contributed by atoms with Crippen molar-refractivity contribution in [3.05, 3.63) is 29.3 Å². The second-order valence-electron chi connectivity index (χ2n) is 8.70. The highest BCUT2D eigenvalue weighted by molar-refractivity contribution is 7.99. The molecular weight excluding hydrogens is 482 g/mol. The van der Waals surface area contributed by atoms with E-state index in [2.05, 4.69) is 22.1 Å². The first kappa shape index (κ1) is 24.7. The molecule has 1 N–H and O–H groups in total. The van der Waals surface area contributed by atoms with Gasteiger partial charge in [-0.15, -0.1) is 5.10 Å². The van der Waals surface area contributed by atoms with Crippen LogP contribution in [0.5, 0.6) is 0 Å². The number of carbonyl (C=O) groups excluding carboxylic acids is 3. The maximum absolute atomic E-state index is 13.0. The number of ketones is 1. The molecule has 0 radical (unpaired) electrons. The van der Waals surface area contributed by atoms with Gasteiger partial charge in [-0.25, -0.2) is 4.98 Å². The smallest absolute Gasteiger partial charge is 0.324 e. The number of halogens is 1. The molecule has 1 spiro atoms. The number of thioether (sulfide) groups is 1. The number of Topliss-reactive ketones (excluding diaryl/α,β-unsaturated/α-hetero) is 1. The summed E-state index contributed by atoms with van der Waals surface area (Å²) in [4.78, 5) is 42.8. The topological polar surface area (TPSA) is 120 Å². The van der Waals surface area contributed by atoms with Gasteiger partial charge in [-0.05, 0) is 25.5 Å². The monoisotopic (exact) mass is 507 g/mol. The van der Waals surface area contributed by atoms with E-state index in [0.29, 0.717) is 28.2 Å². The van der Waals surface area contributed by atoms with Crippen LogP contribution in [-0.2, 0) is 28.6 Å². The molecule has 1 aromatic carbocycles. The molecule has 182 valence electrons. The molecular formula is C23H26ClN3O6S. The minimum atomic E-state index is -1.46. The Kier molecular flexibility index (Phi) is 7.30. The zero-order valence-corrected chi connectivity index (χ0v) is 20.5. The summed E-state index contributed by atoms with van der Waals surface area (Å²) in [6.45, 7) is 4.38. The number of benzene rings is 1. The first-order valence-corrected chi connectivity index (χ1v) is 12.5. The van der Waals surface area contributed by atoms with Crippen molar-refractivity contribution >= 4 is 41.1 Å². The van der Waals surface area contributed by atoms with Crippen LogP contribution < -0.4 is 0 Å². The lowest BCUT2D eigenvalue weighted by Crippen LogP contribution is -2.38. The van der Waals surface area contributed by atoms with Crippen LogP contribution in [0.4, 0.5) is 0 Å². The van der Waals surface area contributed by atoms with Gasteiger partial charge in [0, 0.05) is 25.0 Å². The third kappa shape index (κ3) is 4.85. The fraction of sp³-hybridized carbons (Fsp3) is 0.522. The van der Waals surface area contributed by atoms with Gasteiger partial charge in [0.25, 0.3) is 0 Å². The molecule has 2 fully saturated rings. The van der Waals surface area contributed by atoms with Crippen molar-refractivity contribution in [2.45, 2.75) is 56.4 Å². The van der Waals surface area contributed by atoms with Crippen LogP contribution in [0.3, 0.4) is 0 Å². The Labute approximate surface area is 206 Å². The first-order chi connectivity index (χ1) is 16.3. The number of rotatable bonds is 10. The van der Waals surface area contributed by atoms with Gasteiger partial charge in [0.1, 0.15) is 6.10 Å². The van der Waals surface area contributed by atoms with Crippen molar-refractivity contribution in [2.75, 3.05) is 19.0 Å². The fourth-order valence-electron chi connectivity index (χ4n) is 4.15. The molecule has 3 heterocycles. The number of nitrogens with zero attached hydrogens (tertiary/aromatic N) is 2. The van der Waals surface area contributed by atoms with E-state index < -0.39 is 29.1 Å². The maximum Gasteiger partial charge on any atom is 0.324 e. The van der Waals surface area contributed by atoms with Crippen LogP contribution in [0, 0.1) is 5.41 Å². The summed E-state index contributed by atoms with van der Waals surface area (Å²) < 4.78 is 16.4. The van der Waals surface area contributed by atoms with E-state index in [-0.39, 0.29) is 31.0 Å². The molecule has 34 heavy (non-hydrogen) atoms. The average Bonchev–Trinajstić information content (AvgIpc) is 3.47. The number of hydrogen-bond acceptors (Lipinski definition) is 9. The van der Waals surface area contributed by atoms with Gasteiger partial charge in [0.05, 0.1) is 17.4 Å². The number of aromatic nitrogens is 3. The second kappa shape index (κ2) is 10.1. The molecule has 2 aliphatic rings. The van der Waals surface area contributed by atoms with Gasteiger partial charge in [-0.3, -0.25) is 19.5 Å². The lowest BCUT2D eigenvalue weighted by molar-refractivity contribution is -0.162. The van der Waals surface area contributed by atoms with Crippen molar-refractivity contribution < 1.29 is 28.6 Å². The van der Waals surface area contributed by atoms with Crippen LogP contribution in [0.25, 0.3) is 11.4 Å². The van der Waals surface area contributed by atoms with Gasteiger partial charge in [0.15, 0.2) is 22.6 Å². The largest absolute Gasteiger partial charge is 0.459 e. The quantitative estimate of drug-likeness (QED) is 0.222. The van der Waals surface area contributed by atoms with Crippen molar-refractivity contribution in [1.82, 2.24) is 15.2 Å². The van der Waals surface area contributed by atoms with Crippen LogP contribution in [0.15, 0.2) is 29.4 Å². The van der Waals surface area contributed by atoms with Crippen LogP contribution in [-0.4, -0.2) is 63.6 Å². The van der Waals surface area contributed by atoms with Crippen LogP contribution in [0.1, 0.15) is 39.5 Å². The highest BCUT2D eigenvalue weighted by atomic mass is 35.5. The summed E-state index contributed by atoms with van der Waals surface area (Å²) in [5.41, 5.74) is -2.19. The Morgan fingerprint density at radius 1 is 1.32 bits per heavy atom. The van der Waals surface area contributed by atoms with Gasteiger partial charge < -0.3 is 14.2 Å². The Morgan fingerprint density at radius 3 is 2.88 bits per heavy atom. The summed E-state index contributed by atoms with van der Waals surface area (Å²) in [7, 11) is 0. The number of hydrogen-bond donors (Lipinski definition) is 1. The minimum Gasteiger partial charge on any atom is -0.459 e. The molecule has 0 unspecified atom stereocenters.